The van der Waals surface area contributed by atoms with Crippen LogP contribution in [-0.2, 0) is 20.9 Å². The molecule has 0 saturated carbocycles. The summed E-state index contributed by atoms with van der Waals surface area (Å²) < 4.78 is 11.4. The molecular formula is C20H29N3O4. The minimum atomic E-state index is -0.423. The number of benzene rings is 1. The van der Waals surface area contributed by atoms with Crippen molar-refractivity contribution >= 4 is 11.8 Å². The van der Waals surface area contributed by atoms with Crippen LogP contribution in [0, 0.1) is 0 Å². The minimum absolute atomic E-state index is 0.117. The third kappa shape index (κ3) is 4.59. The summed E-state index contributed by atoms with van der Waals surface area (Å²) >= 11 is 0. The van der Waals surface area contributed by atoms with Gasteiger partial charge >= 0.3 is 0 Å². The molecule has 2 fully saturated rings. The third-order valence-corrected chi connectivity index (χ3v) is 5.77. The highest BCUT2D eigenvalue weighted by Crippen LogP contribution is 2.33. The lowest BCUT2D eigenvalue weighted by atomic mass is 9.87. The Labute approximate surface area is 160 Å². The third-order valence-electron chi connectivity index (χ3n) is 5.77. The van der Waals surface area contributed by atoms with Gasteiger partial charge in [0.2, 0.25) is 11.8 Å². The molecule has 27 heavy (non-hydrogen) atoms. The number of nitrogens with zero attached hydrogens (tertiary/aromatic N) is 2. The van der Waals surface area contributed by atoms with Gasteiger partial charge in [-0.05, 0) is 37.5 Å². The van der Waals surface area contributed by atoms with E-state index in [0.717, 1.165) is 24.2 Å². The van der Waals surface area contributed by atoms with Gasteiger partial charge in [0, 0.05) is 26.2 Å². The average molecular weight is 375 g/mol. The van der Waals surface area contributed by atoms with Crippen LogP contribution in [0.15, 0.2) is 24.3 Å². The summed E-state index contributed by atoms with van der Waals surface area (Å²) in [5.74, 6) is 0.596. The largest absolute Gasteiger partial charge is 0.497 e. The van der Waals surface area contributed by atoms with Crippen molar-refractivity contribution in [3.8, 4) is 5.75 Å². The zero-order valence-corrected chi connectivity index (χ0v) is 16.1. The molecule has 2 N–H and O–H groups in total. The average Bonchev–Trinajstić information content (AvgIpc) is 2.81. The lowest BCUT2D eigenvalue weighted by Crippen LogP contribution is -2.52. The zero-order valence-electron chi connectivity index (χ0n) is 16.1. The molecule has 0 radical (unpaired) electrons. The molecule has 148 valence electrons. The normalized spacial score (nSPS) is 21.7. The van der Waals surface area contributed by atoms with Crippen molar-refractivity contribution in [1.29, 1.82) is 0 Å². The molecular weight excluding hydrogens is 346 g/mol. The van der Waals surface area contributed by atoms with E-state index < -0.39 is 5.60 Å². The second-order valence-corrected chi connectivity index (χ2v) is 7.49. The second kappa shape index (κ2) is 8.27. The molecule has 7 nitrogen and oxygen atoms in total. The Balaban J connectivity index is 1.62. The van der Waals surface area contributed by atoms with Crippen LogP contribution >= 0.6 is 0 Å². The molecule has 2 amide bonds. The number of carbonyl (C=O) groups is 2. The SMILES string of the molecule is COc1cccc(CN2CCOC3(CCN(C(C)C(N)=O)CC3)CC2=O)c1. The van der Waals surface area contributed by atoms with Crippen LogP contribution < -0.4 is 10.5 Å². The molecule has 0 aromatic heterocycles. The highest BCUT2D eigenvalue weighted by Gasteiger charge is 2.41. The maximum atomic E-state index is 12.9. The van der Waals surface area contributed by atoms with Gasteiger partial charge in [-0.1, -0.05) is 12.1 Å². The monoisotopic (exact) mass is 375 g/mol. The summed E-state index contributed by atoms with van der Waals surface area (Å²) in [7, 11) is 1.64. The van der Waals surface area contributed by atoms with Crippen molar-refractivity contribution in [3.63, 3.8) is 0 Å². The molecule has 2 aliphatic rings. The van der Waals surface area contributed by atoms with Crippen LogP contribution in [0.4, 0.5) is 0 Å². The van der Waals surface area contributed by atoms with E-state index in [1.54, 1.807) is 7.11 Å². The lowest BCUT2D eigenvalue weighted by Gasteiger charge is -2.41. The van der Waals surface area contributed by atoms with Crippen LogP contribution in [-0.4, -0.2) is 66.6 Å². The predicted molar refractivity (Wildman–Crippen MR) is 101 cm³/mol. The molecule has 3 rings (SSSR count). The number of ether oxygens (including phenoxy) is 2. The van der Waals surface area contributed by atoms with Gasteiger partial charge in [0.1, 0.15) is 5.75 Å². The van der Waals surface area contributed by atoms with Crippen LogP contribution in [0.3, 0.4) is 0 Å². The second-order valence-electron chi connectivity index (χ2n) is 7.49. The van der Waals surface area contributed by atoms with Crippen LogP contribution in [0.5, 0.6) is 5.75 Å². The Kier molecular flexibility index (Phi) is 6.01. The number of nitrogens with two attached hydrogens (primary N) is 1. The first-order valence-corrected chi connectivity index (χ1v) is 9.50. The zero-order chi connectivity index (χ0) is 19.4. The highest BCUT2D eigenvalue weighted by atomic mass is 16.5. The first-order chi connectivity index (χ1) is 12.9. The molecule has 2 heterocycles. The summed E-state index contributed by atoms with van der Waals surface area (Å²) in [5, 5.41) is 0. The first kappa shape index (κ1) is 19.6. The van der Waals surface area contributed by atoms with E-state index in [0.29, 0.717) is 39.2 Å². The number of primary amides is 1. The van der Waals surface area contributed by atoms with Crippen molar-refractivity contribution in [2.24, 2.45) is 5.73 Å². The van der Waals surface area contributed by atoms with Crippen molar-refractivity contribution < 1.29 is 19.1 Å². The fourth-order valence-corrected chi connectivity index (χ4v) is 3.91. The number of hydrogen-bond acceptors (Lipinski definition) is 5. The fourth-order valence-electron chi connectivity index (χ4n) is 3.91. The van der Waals surface area contributed by atoms with Crippen LogP contribution in [0.25, 0.3) is 0 Å². The quantitative estimate of drug-likeness (QED) is 0.835. The van der Waals surface area contributed by atoms with E-state index in [4.69, 9.17) is 15.2 Å². The van der Waals surface area contributed by atoms with E-state index in [9.17, 15) is 9.59 Å². The van der Waals surface area contributed by atoms with Gasteiger partial charge in [0.15, 0.2) is 0 Å². The Hall–Kier alpha value is -2.12. The lowest BCUT2D eigenvalue weighted by molar-refractivity contribution is -0.137. The van der Waals surface area contributed by atoms with Gasteiger partial charge in [0.05, 0.1) is 31.8 Å². The van der Waals surface area contributed by atoms with E-state index in [2.05, 4.69) is 4.90 Å². The number of piperidine rings is 1. The van der Waals surface area contributed by atoms with E-state index in [-0.39, 0.29) is 17.9 Å². The number of hydrogen-bond donors (Lipinski definition) is 1. The fraction of sp³-hybridized carbons (Fsp3) is 0.600. The number of likely N-dealkylation sites (tertiary alicyclic amines) is 1. The summed E-state index contributed by atoms with van der Waals surface area (Å²) in [6.45, 7) is 4.93. The number of methoxy groups -OCH3 is 1. The summed E-state index contributed by atoms with van der Waals surface area (Å²) in [4.78, 5) is 28.2. The van der Waals surface area contributed by atoms with E-state index in [1.807, 2.05) is 36.1 Å². The van der Waals surface area contributed by atoms with Gasteiger partial charge < -0.3 is 20.1 Å². The van der Waals surface area contributed by atoms with Crippen molar-refractivity contribution in [2.45, 2.75) is 44.4 Å². The van der Waals surface area contributed by atoms with Gasteiger partial charge in [-0.25, -0.2) is 0 Å². The van der Waals surface area contributed by atoms with E-state index in [1.165, 1.54) is 0 Å². The molecule has 2 aliphatic heterocycles. The first-order valence-electron chi connectivity index (χ1n) is 9.50. The molecule has 1 spiro atoms. The molecule has 0 bridgehead atoms. The summed E-state index contributed by atoms with van der Waals surface area (Å²) in [6, 6.07) is 7.50. The van der Waals surface area contributed by atoms with Crippen LogP contribution in [0.2, 0.25) is 0 Å². The van der Waals surface area contributed by atoms with E-state index >= 15 is 0 Å². The number of amides is 2. The summed E-state index contributed by atoms with van der Waals surface area (Å²) in [5.41, 5.74) is 6.04. The summed E-state index contributed by atoms with van der Waals surface area (Å²) in [6.07, 6.45) is 1.86. The van der Waals surface area contributed by atoms with Crippen molar-refractivity contribution in [2.75, 3.05) is 33.4 Å². The van der Waals surface area contributed by atoms with Gasteiger partial charge in [-0.15, -0.1) is 0 Å². The smallest absolute Gasteiger partial charge is 0.234 e. The molecule has 1 aromatic carbocycles. The minimum Gasteiger partial charge on any atom is -0.497 e. The standard InChI is InChI=1S/C20H29N3O4/c1-15(19(21)25)22-8-6-20(7-9-22)13-18(24)23(10-11-27-20)14-16-4-3-5-17(12-16)26-2/h3-5,12,15H,6-11,13-14H2,1-2H3,(H2,21,25). The maximum absolute atomic E-state index is 12.9. The molecule has 1 unspecified atom stereocenters. The number of rotatable bonds is 5. The Bertz CT molecular complexity index is 686. The van der Waals surface area contributed by atoms with Crippen molar-refractivity contribution in [1.82, 2.24) is 9.80 Å². The Morgan fingerprint density at radius 2 is 2.07 bits per heavy atom. The van der Waals surface area contributed by atoms with Crippen LogP contribution in [0.1, 0.15) is 31.7 Å². The molecule has 1 aromatic rings. The van der Waals surface area contributed by atoms with Gasteiger partial charge in [-0.3, -0.25) is 14.5 Å². The molecule has 7 heteroatoms. The van der Waals surface area contributed by atoms with Gasteiger partial charge in [-0.2, -0.15) is 0 Å². The van der Waals surface area contributed by atoms with Gasteiger partial charge in [0.25, 0.3) is 0 Å². The molecule has 0 aliphatic carbocycles. The topological polar surface area (TPSA) is 85.1 Å². The highest BCUT2D eigenvalue weighted by molar-refractivity contribution is 5.79. The Morgan fingerprint density at radius 1 is 1.33 bits per heavy atom. The molecule has 1 atom stereocenters. The number of carbonyl (C=O) groups excluding carboxylic acids is 2. The molecule has 2 saturated heterocycles. The maximum Gasteiger partial charge on any atom is 0.234 e. The predicted octanol–water partition coefficient (Wildman–Crippen LogP) is 1.15. The Morgan fingerprint density at radius 3 is 2.74 bits per heavy atom. The van der Waals surface area contributed by atoms with Crippen molar-refractivity contribution in [3.05, 3.63) is 29.8 Å².